The fourth-order valence-corrected chi connectivity index (χ4v) is 3.83. The first-order chi connectivity index (χ1) is 13.5. The summed E-state index contributed by atoms with van der Waals surface area (Å²) in [4.78, 5) is 32.0. The zero-order valence-electron chi connectivity index (χ0n) is 15.5. The summed E-state index contributed by atoms with van der Waals surface area (Å²) in [5.41, 5.74) is 7.60. The Bertz CT molecular complexity index is 1050. The van der Waals surface area contributed by atoms with Crippen LogP contribution in [0.2, 0.25) is 0 Å². The van der Waals surface area contributed by atoms with Gasteiger partial charge < -0.3 is 20.7 Å². The number of methoxy groups -OCH3 is 1. The summed E-state index contributed by atoms with van der Waals surface area (Å²) in [6.07, 6.45) is 6.61. The van der Waals surface area contributed by atoms with E-state index in [0.717, 1.165) is 24.6 Å². The van der Waals surface area contributed by atoms with Gasteiger partial charge in [0, 0.05) is 25.3 Å². The first-order valence-electron chi connectivity index (χ1n) is 9.08. The molecule has 3 aromatic rings. The monoisotopic (exact) mass is 380 g/mol. The van der Waals surface area contributed by atoms with Crippen molar-refractivity contribution in [2.24, 2.45) is 17.6 Å². The van der Waals surface area contributed by atoms with Gasteiger partial charge in [-0.15, -0.1) is 0 Å². The molecule has 0 aromatic carbocycles. The number of nitrogens with two attached hydrogens (primary N) is 1. The standard InChI is InChI=1S/C18H20N8O2/c1-9-5-26-8-13(24-18(28-2)16(26)22-9)23-17(27)12-3-21-14(4-20-12)25-6-10-11(7-25)15(10)19/h3-5,8,10-11,15H,6-7,19H2,1-2H3,(H,23,27). The molecule has 3 N–H and O–H groups in total. The summed E-state index contributed by atoms with van der Waals surface area (Å²) >= 11 is 0. The second kappa shape index (κ2) is 6.13. The van der Waals surface area contributed by atoms with Crippen LogP contribution in [-0.4, -0.2) is 56.5 Å². The molecule has 3 aromatic heterocycles. The van der Waals surface area contributed by atoms with Gasteiger partial charge in [0.1, 0.15) is 11.5 Å². The maximum Gasteiger partial charge on any atom is 0.277 e. The normalized spacial score (nSPS) is 23.0. The van der Waals surface area contributed by atoms with Crippen LogP contribution in [0.15, 0.2) is 24.8 Å². The Balaban J connectivity index is 1.32. The number of ether oxygens (including phenoxy) is 1. The van der Waals surface area contributed by atoms with E-state index in [2.05, 4.69) is 30.2 Å². The number of amides is 1. The van der Waals surface area contributed by atoms with Crippen LogP contribution < -0.4 is 20.7 Å². The van der Waals surface area contributed by atoms with E-state index in [-0.39, 0.29) is 5.69 Å². The highest BCUT2D eigenvalue weighted by Gasteiger charge is 2.53. The lowest BCUT2D eigenvalue weighted by atomic mass is 10.3. The van der Waals surface area contributed by atoms with Crippen molar-refractivity contribution in [3.8, 4) is 5.88 Å². The Morgan fingerprint density at radius 1 is 1.21 bits per heavy atom. The topological polar surface area (TPSA) is 124 Å². The van der Waals surface area contributed by atoms with E-state index in [1.54, 1.807) is 16.8 Å². The molecule has 0 radical (unpaired) electrons. The van der Waals surface area contributed by atoms with Crippen molar-refractivity contribution >= 4 is 23.2 Å². The van der Waals surface area contributed by atoms with Gasteiger partial charge in [-0.25, -0.2) is 15.0 Å². The zero-order valence-corrected chi connectivity index (χ0v) is 15.5. The van der Waals surface area contributed by atoms with E-state index in [9.17, 15) is 4.79 Å². The van der Waals surface area contributed by atoms with Crippen LogP contribution in [0.5, 0.6) is 5.88 Å². The first-order valence-corrected chi connectivity index (χ1v) is 9.08. The Morgan fingerprint density at radius 3 is 2.68 bits per heavy atom. The lowest BCUT2D eigenvalue weighted by Gasteiger charge is -2.19. The van der Waals surface area contributed by atoms with Gasteiger partial charge in [-0.2, -0.15) is 4.98 Å². The Kier molecular flexibility index (Phi) is 3.69. The molecule has 1 amide bonds. The highest BCUT2D eigenvalue weighted by molar-refractivity contribution is 6.02. The maximum atomic E-state index is 12.5. The second-order valence-corrected chi connectivity index (χ2v) is 7.27. The quantitative estimate of drug-likeness (QED) is 0.670. The smallest absolute Gasteiger partial charge is 0.277 e. The number of nitrogens with one attached hydrogen (secondary N) is 1. The molecule has 144 valence electrons. The van der Waals surface area contributed by atoms with E-state index >= 15 is 0 Å². The lowest BCUT2D eigenvalue weighted by molar-refractivity contribution is 0.102. The first kappa shape index (κ1) is 16.9. The van der Waals surface area contributed by atoms with Crippen molar-refractivity contribution in [2.45, 2.75) is 13.0 Å². The van der Waals surface area contributed by atoms with Gasteiger partial charge in [0.25, 0.3) is 11.8 Å². The third kappa shape index (κ3) is 2.73. The molecular formula is C18H20N8O2. The summed E-state index contributed by atoms with van der Waals surface area (Å²) in [6.45, 7) is 3.68. The van der Waals surface area contributed by atoms with Gasteiger partial charge in [-0.3, -0.25) is 9.20 Å². The van der Waals surface area contributed by atoms with Crippen molar-refractivity contribution in [3.05, 3.63) is 36.2 Å². The van der Waals surface area contributed by atoms with Gasteiger partial charge in [-0.1, -0.05) is 0 Å². The summed E-state index contributed by atoms with van der Waals surface area (Å²) in [7, 11) is 1.51. The minimum Gasteiger partial charge on any atom is -0.478 e. The predicted molar refractivity (Wildman–Crippen MR) is 101 cm³/mol. The summed E-state index contributed by atoms with van der Waals surface area (Å²) in [6, 6.07) is 0.329. The molecule has 28 heavy (non-hydrogen) atoms. The van der Waals surface area contributed by atoms with Crippen molar-refractivity contribution in [1.82, 2.24) is 24.3 Å². The molecule has 2 atom stereocenters. The van der Waals surface area contributed by atoms with Crippen LogP contribution in [0.3, 0.4) is 0 Å². The van der Waals surface area contributed by atoms with Crippen LogP contribution in [0.1, 0.15) is 16.2 Å². The minimum absolute atomic E-state index is 0.215. The average molecular weight is 380 g/mol. The van der Waals surface area contributed by atoms with Crippen LogP contribution in [0, 0.1) is 18.8 Å². The number of carbonyl (C=O) groups is 1. The molecule has 2 unspecified atom stereocenters. The molecule has 10 heteroatoms. The van der Waals surface area contributed by atoms with E-state index in [0.29, 0.717) is 35.2 Å². The van der Waals surface area contributed by atoms with Gasteiger partial charge in [-0.05, 0) is 18.8 Å². The summed E-state index contributed by atoms with van der Waals surface area (Å²) < 4.78 is 7.03. The SMILES string of the molecule is COc1nc(NC(=O)c2cnc(N3CC4C(N)C4C3)cn2)cn2cc(C)nc12. The van der Waals surface area contributed by atoms with Crippen LogP contribution in [0.25, 0.3) is 5.65 Å². The molecule has 10 nitrogen and oxygen atoms in total. The zero-order chi connectivity index (χ0) is 19.4. The molecule has 4 heterocycles. The number of carbonyl (C=O) groups excluding carboxylic acids is 1. The highest BCUT2D eigenvalue weighted by Crippen LogP contribution is 2.44. The van der Waals surface area contributed by atoms with Crippen LogP contribution in [-0.2, 0) is 0 Å². The van der Waals surface area contributed by atoms with E-state index in [4.69, 9.17) is 10.5 Å². The Morgan fingerprint density at radius 2 is 2.00 bits per heavy atom. The fraction of sp³-hybridized carbons (Fsp3) is 0.389. The molecule has 2 fully saturated rings. The Labute approximate surface area is 160 Å². The molecule has 1 saturated heterocycles. The molecule has 1 aliphatic carbocycles. The number of piperidine rings is 1. The molecule has 5 rings (SSSR count). The molecule has 1 aliphatic heterocycles. The van der Waals surface area contributed by atoms with Crippen molar-refractivity contribution < 1.29 is 9.53 Å². The predicted octanol–water partition coefficient (Wildman–Crippen LogP) is 0.482. The van der Waals surface area contributed by atoms with Gasteiger partial charge in [0.2, 0.25) is 5.65 Å². The third-order valence-electron chi connectivity index (χ3n) is 5.42. The average Bonchev–Trinajstić information content (AvgIpc) is 3.06. The molecule has 0 bridgehead atoms. The molecule has 1 saturated carbocycles. The van der Waals surface area contributed by atoms with E-state index < -0.39 is 5.91 Å². The van der Waals surface area contributed by atoms with E-state index in [1.807, 2.05) is 13.1 Å². The van der Waals surface area contributed by atoms with Gasteiger partial charge in [0.15, 0.2) is 5.82 Å². The second-order valence-electron chi connectivity index (χ2n) is 7.27. The number of anilines is 2. The Hall–Kier alpha value is -3.27. The van der Waals surface area contributed by atoms with Crippen LogP contribution >= 0.6 is 0 Å². The van der Waals surface area contributed by atoms with Crippen molar-refractivity contribution in [3.63, 3.8) is 0 Å². The molecule has 2 aliphatic rings. The van der Waals surface area contributed by atoms with E-state index in [1.165, 1.54) is 13.3 Å². The number of aromatic nitrogens is 5. The van der Waals surface area contributed by atoms with Crippen LogP contribution in [0.4, 0.5) is 11.6 Å². The molecular weight excluding hydrogens is 360 g/mol. The number of fused-ring (bicyclic) bond motifs is 2. The summed E-state index contributed by atoms with van der Waals surface area (Å²) in [5, 5.41) is 2.73. The number of hydrogen-bond acceptors (Lipinski definition) is 8. The van der Waals surface area contributed by atoms with Crippen molar-refractivity contribution in [1.29, 1.82) is 0 Å². The maximum absolute atomic E-state index is 12.5. The highest BCUT2D eigenvalue weighted by atomic mass is 16.5. The molecule has 0 spiro atoms. The summed E-state index contributed by atoms with van der Waals surface area (Å²) in [5.74, 6) is 2.17. The lowest BCUT2D eigenvalue weighted by Crippen LogP contribution is -2.29. The fourth-order valence-electron chi connectivity index (χ4n) is 3.83. The van der Waals surface area contributed by atoms with Gasteiger partial charge in [0.05, 0.1) is 31.4 Å². The number of nitrogens with zero attached hydrogens (tertiary/aromatic N) is 6. The van der Waals surface area contributed by atoms with Crippen molar-refractivity contribution in [2.75, 3.05) is 30.4 Å². The number of rotatable bonds is 4. The van der Waals surface area contributed by atoms with Gasteiger partial charge >= 0.3 is 0 Å². The number of hydrogen-bond donors (Lipinski definition) is 2. The largest absolute Gasteiger partial charge is 0.478 e. The number of aryl methyl sites for hydroxylation is 1. The number of imidazole rings is 1. The minimum atomic E-state index is -0.393. The third-order valence-corrected chi connectivity index (χ3v) is 5.42.